The predicted octanol–water partition coefficient (Wildman–Crippen LogP) is 11.4. The van der Waals surface area contributed by atoms with Gasteiger partial charge >= 0.3 is 0 Å². The molecule has 0 radical (unpaired) electrons. The minimum atomic E-state index is -1.16. The largest absolute Gasteiger partial charge is 0.394 e. The molecule has 0 heterocycles. The lowest BCUT2D eigenvalue weighted by Gasteiger charge is -2.26. The summed E-state index contributed by atoms with van der Waals surface area (Å²) >= 11 is 0. The maximum absolute atomic E-state index is 12.3. The molecule has 0 bridgehead atoms. The average Bonchev–Trinajstić information content (AvgIpc) is 3.07. The van der Waals surface area contributed by atoms with Gasteiger partial charge in [0.1, 0.15) is 6.10 Å². The molecule has 0 saturated heterocycles. The number of hydrogen-bond acceptors (Lipinski definition) is 4. The number of allylic oxidation sites excluding steroid dienone is 4. The number of hydrogen-bond donors (Lipinski definition) is 4. The first-order valence-electron chi connectivity index (χ1n) is 20.6. The van der Waals surface area contributed by atoms with E-state index in [1.165, 1.54) is 148 Å². The second-order valence-electron chi connectivity index (χ2n) is 14.2. The van der Waals surface area contributed by atoms with Crippen LogP contribution in [0.25, 0.3) is 0 Å². The minimum absolute atomic E-state index is 0.211. The summed E-state index contributed by atoms with van der Waals surface area (Å²) in [6, 6.07) is -0.837. The Balaban J connectivity index is 3.67. The van der Waals surface area contributed by atoms with Gasteiger partial charge in [-0.15, -0.1) is 0 Å². The van der Waals surface area contributed by atoms with Crippen molar-refractivity contribution in [2.75, 3.05) is 6.61 Å². The SMILES string of the molecule is CCCCCCCC/C=C\C/C=C\CCC(=O)NC(CO)C(O)C(O)CCCCCCCCCCCCCCCCCCCCCC. The predicted molar refractivity (Wildman–Crippen MR) is 204 cm³/mol. The van der Waals surface area contributed by atoms with Crippen molar-refractivity contribution in [3.63, 3.8) is 0 Å². The molecule has 0 aromatic carbocycles. The first kappa shape index (κ1) is 45.8. The van der Waals surface area contributed by atoms with E-state index >= 15 is 0 Å². The van der Waals surface area contributed by atoms with E-state index in [1.54, 1.807) is 0 Å². The van der Waals surface area contributed by atoms with Crippen LogP contribution in [-0.2, 0) is 4.79 Å². The van der Waals surface area contributed by atoms with Crippen molar-refractivity contribution < 1.29 is 20.1 Å². The molecule has 0 aliphatic rings. The number of aliphatic hydroxyl groups excluding tert-OH is 3. The summed E-state index contributed by atoms with van der Waals surface area (Å²) in [4.78, 5) is 12.3. The fraction of sp³-hybridized carbons (Fsp3) is 0.881. The average molecular weight is 664 g/mol. The summed E-state index contributed by atoms with van der Waals surface area (Å²) in [6.45, 7) is 4.14. The smallest absolute Gasteiger partial charge is 0.220 e. The van der Waals surface area contributed by atoms with Gasteiger partial charge in [-0.2, -0.15) is 0 Å². The van der Waals surface area contributed by atoms with E-state index < -0.39 is 18.2 Å². The second-order valence-corrected chi connectivity index (χ2v) is 14.2. The number of nitrogens with one attached hydrogen (secondary N) is 1. The maximum Gasteiger partial charge on any atom is 0.220 e. The van der Waals surface area contributed by atoms with Gasteiger partial charge in [-0.1, -0.05) is 199 Å². The Morgan fingerprint density at radius 3 is 1.34 bits per heavy atom. The highest BCUT2D eigenvalue weighted by Crippen LogP contribution is 2.16. The van der Waals surface area contributed by atoms with Crippen LogP contribution >= 0.6 is 0 Å². The lowest BCUT2D eigenvalue weighted by Crippen LogP contribution is -2.50. The number of carbonyl (C=O) groups excluding carboxylic acids is 1. The first-order chi connectivity index (χ1) is 23.1. The summed E-state index contributed by atoms with van der Waals surface area (Å²) in [5.74, 6) is -0.211. The summed E-state index contributed by atoms with van der Waals surface area (Å²) in [6.07, 6.45) is 44.4. The van der Waals surface area contributed by atoms with Crippen LogP contribution in [0.15, 0.2) is 24.3 Å². The Labute approximate surface area is 292 Å². The van der Waals surface area contributed by atoms with Crippen LogP contribution in [0.2, 0.25) is 0 Å². The van der Waals surface area contributed by atoms with Gasteiger partial charge in [0.05, 0.1) is 18.8 Å². The molecule has 278 valence electrons. The van der Waals surface area contributed by atoms with Gasteiger partial charge in [-0.05, 0) is 32.1 Å². The van der Waals surface area contributed by atoms with Gasteiger partial charge in [-0.3, -0.25) is 4.79 Å². The Morgan fingerprint density at radius 2 is 0.915 bits per heavy atom. The first-order valence-corrected chi connectivity index (χ1v) is 20.6. The van der Waals surface area contributed by atoms with Crippen LogP contribution in [0.4, 0.5) is 0 Å². The minimum Gasteiger partial charge on any atom is -0.394 e. The van der Waals surface area contributed by atoms with Crippen molar-refractivity contribution in [3.05, 3.63) is 24.3 Å². The summed E-state index contributed by atoms with van der Waals surface area (Å²) in [7, 11) is 0. The molecule has 0 aromatic rings. The Morgan fingerprint density at radius 1 is 0.532 bits per heavy atom. The van der Waals surface area contributed by atoms with Gasteiger partial charge < -0.3 is 20.6 Å². The van der Waals surface area contributed by atoms with Crippen molar-refractivity contribution in [1.82, 2.24) is 5.32 Å². The summed E-state index contributed by atoms with van der Waals surface area (Å²) < 4.78 is 0. The molecular formula is C42H81NO4. The van der Waals surface area contributed by atoms with E-state index in [2.05, 4.69) is 37.4 Å². The van der Waals surface area contributed by atoms with Crippen LogP contribution < -0.4 is 5.32 Å². The van der Waals surface area contributed by atoms with Gasteiger partial charge in [0.2, 0.25) is 5.91 Å². The molecule has 0 fully saturated rings. The van der Waals surface area contributed by atoms with E-state index in [-0.39, 0.29) is 12.5 Å². The molecule has 3 unspecified atom stereocenters. The number of carbonyl (C=O) groups is 1. The van der Waals surface area contributed by atoms with E-state index in [0.29, 0.717) is 19.3 Å². The van der Waals surface area contributed by atoms with E-state index in [0.717, 1.165) is 32.1 Å². The van der Waals surface area contributed by atoms with Gasteiger partial charge in [0.25, 0.3) is 0 Å². The molecule has 0 saturated carbocycles. The highest BCUT2D eigenvalue weighted by atomic mass is 16.3. The van der Waals surface area contributed by atoms with Crippen LogP contribution in [0.3, 0.4) is 0 Å². The molecule has 1 amide bonds. The molecule has 5 heteroatoms. The van der Waals surface area contributed by atoms with Crippen LogP contribution in [0, 0.1) is 0 Å². The molecule has 47 heavy (non-hydrogen) atoms. The lowest BCUT2D eigenvalue weighted by molar-refractivity contribution is -0.124. The molecule has 3 atom stereocenters. The van der Waals surface area contributed by atoms with Crippen molar-refractivity contribution in [3.8, 4) is 0 Å². The fourth-order valence-electron chi connectivity index (χ4n) is 6.33. The van der Waals surface area contributed by atoms with E-state index in [1.807, 2.05) is 6.08 Å². The third kappa shape index (κ3) is 33.1. The topological polar surface area (TPSA) is 89.8 Å². The Bertz CT molecular complexity index is 694. The molecule has 0 aliphatic carbocycles. The molecule has 0 spiro atoms. The van der Waals surface area contributed by atoms with Crippen LogP contribution in [0.5, 0.6) is 0 Å². The normalized spacial score (nSPS) is 13.9. The van der Waals surface area contributed by atoms with Gasteiger partial charge in [0, 0.05) is 6.42 Å². The number of amides is 1. The number of unbranched alkanes of at least 4 members (excludes halogenated alkanes) is 25. The lowest BCUT2D eigenvalue weighted by atomic mass is 9.99. The van der Waals surface area contributed by atoms with Crippen LogP contribution in [-0.4, -0.2) is 46.1 Å². The third-order valence-electron chi connectivity index (χ3n) is 9.57. The van der Waals surface area contributed by atoms with Crippen molar-refractivity contribution in [2.24, 2.45) is 0 Å². The number of rotatable bonds is 37. The number of aliphatic hydroxyl groups is 3. The molecule has 0 rings (SSSR count). The molecular weight excluding hydrogens is 582 g/mol. The fourth-order valence-corrected chi connectivity index (χ4v) is 6.33. The van der Waals surface area contributed by atoms with E-state index in [9.17, 15) is 20.1 Å². The zero-order valence-corrected chi connectivity index (χ0v) is 31.4. The summed E-state index contributed by atoms with van der Waals surface area (Å²) in [5, 5.41) is 33.4. The summed E-state index contributed by atoms with van der Waals surface area (Å²) in [5.41, 5.74) is 0. The van der Waals surface area contributed by atoms with Gasteiger partial charge in [-0.25, -0.2) is 0 Å². The molecule has 5 nitrogen and oxygen atoms in total. The van der Waals surface area contributed by atoms with Crippen molar-refractivity contribution >= 4 is 5.91 Å². The van der Waals surface area contributed by atoms with Crippen LogP contribution in [0.1, 0.15) is 213 Å². The standard InChI is InChI=1S/C42H81NO4/c1-3-5-7-9-11-13-15-17-18-19-20-21-22-23-25-26-28-30-32-34-36-40(45)42(47)39(38-44)43-41(46)37-35-33-31-29-27-24-16-14-12-10-8-6-4-2/h24,27,31,33,39-40,42,44-45,47H,3-23,25-26,28-30,32,34-38H2,1-2H3,(H,43,46)/b27-24-,33-31-. The van der Waals surface area contributed by atoms with E-state index in [4.69, 9.17) is 0 Å². The zero-order chi connectivity index (χ0) is 34.5. The molecule has 0 aromatic heterocycles. The second kappa shape index (κ2) is 37.6. The monoisotopic (exact) mass is 664 g/mol. The van der Waals surface area contributed by atoms with Crippen molar-refractivity contribution in [2.45, 2.75) is 231 Å². The maximum atomic E-state index is 12.3. The molecule has 0 aliphatic heterocycles. The van der Waals surface area contributed by atoms with Crippen molar-refractivity contribution in [1.29, 1.82) is 0 Å². The van der Waals surface area contributed by atoms with Gasteiger partial charge in [0.15, 0.2) is 0 Å². The Kier molecular flexibility index (Phi) is 36.7. The zero-order valence-electron chi connectivity index (χ0n) is 31.4. The Hall–Kier alpha value is -1.17. The highest BCUT2D eigenvalue weighted by Gasteiger charge is 2.26. The quantitative estimate of drug-likeness (QED) is 0.0393. The molecule has 4 N–H and O–H groups in total. The third-order valence-corrected chi connectivity index (χ3v) is 9.57. The highest BCUT2D eigenvalue weighted by molar-refractivity contribution is 5.76.